The van der Waals surface area contributed by atoms with Gasteiger partial charge in [-0.2, -0.15) is 0 Å². The smallest absolute Gasteiger partial charge is 0.337 e. The lowest BCUT2D eigenvalue weighted by Gasteiger charge is -2.27. The molecule has 0 unspecified atom stereocenters. The van der Waals surface area contributed by atoms with Gasteiger partial charge in [-0.15, -0.1) is 0 Å². The molecule has 6 rings (SSSR count). The summed E-state index contributed by atoms with van der Waals surface area (Å²) in [5.74, 6) is -7.34. The number of ether oxygens (including phenoxy) is 3. The fourth-order valence-electron chi connectivity index (χ4n) is 6.04. The Morgan fingerprint density at radius 2 is 1.32 bits per heavy atom. The average molecular weight is 554 g/mol. The predicted molar refractivity (Wildman–Crippen MR) is 141 cm³/mol. The minimum atomic E-state index is -2.25. The van der Waals surface area contributed by atoms with Crippen LogP contribution in [-0.4, -0.2) is 55.1 Å². The van der Waals surface area contributed by atoms with E-state index in [-0.39, 0.29) is 27.9 Å². The van der Waals surface area contributed by atoms with Crippen LogP contribution in [0.3, 0.4) is 0 Å². The van der Waals surface area contributed by atoms with Crippen molar-refractivity contribution in [1.29, 1.82) is 0 Å². The molecule has 10 nitrogen and oxygen atoms in total. The van der Waals surface area contributed by atoms with E-state index in [1.165, 1.54) is 30.3 Å². The summed E-state index contributed by atoms with van der Waals surface area (Å²) in [4.78, 5) is 81.8. The third kappa shape index (κ3) is 3.60. The second-order valence-electron chi connectivity index (χ2n) is 10.2. The van der Waals surface area contributed by atoms with Gasteiger partial charge in [-0.05, 0) is 30.7 Å². The Labute approximate surface area is 233 Å². The van der Waals surface area contributed by atoms with Gasteiger partial charge in [0.25, 0.3) is 0 Å². The van der Waals surface area contributed by atoms with E-state index in [0.29, 0.717) is 5.56 Å². The van der Waals surface area contributed by atoms with Crippen molar-refractivity contribution in [3.63, 3.8) is 0 Å². The minimum Gasteiger partial charge on any atom is -0.465 e. The molecule has 0 N–H and O–H groups in total. The summed E-state index contributed by atoms with van der Waals surface area (Å²) in [6, 6.07) is 16.9. The first-order valence-corrected chi connectivity index (χ1v) is 12.8. The van der Waals surface area contributed by atoms with Crippen LogP contribution in [0.2, 0.25) is 0 Å². The van der Waals surface area contributed by atoms with Gasteiger partial charge < -0.3 is 14.2 Å². The van der Waals surface area contributed by atoms with E-state index in [2.05, 4.69) is 0 Å². The van der Waals surface area contributed by atoms with Gasteiger partial charge in [0.1, 0.15) is 0 Å². The fraction of sp³-hybridized carbons (Fsp3) is 0.226. The topological polar surface area (TPSA) is 133 Å². The van der Waals surface area contributed by atoms with Crippen LogP contribution in [-0.2, 0) is 23.8 Å². The monoisotopic (exact) mass is 553 g/mol. The lowest BCUT2D eigenvalue weighted by molar-refractivity contribution is -0.127. The molecule has 41 heavy (non-hydrogen) atoms. The highest BCUT2D eigenvalue weighted by Crippen LogP contribution is 2.57. The number of methoxy groups -OCH3 is 2. The summed E-state index contributed by atoms with van der Waals surface area (Å²) >= 11 is 0. The Bertz CT molecular complexity index is 1620. The molecule has 2 saturated heterocycles. The van der Waals surface area contributed by atoms with Gasteiger partial charge >= 0.3 is 11.9 Å². The van der Waals surface area contributed by atoms with Gasteiger partial charge in [0.05, 0.1) is 49.0 Å². The van der Waals surface area contributed by atoms with Crippen molar-refractivity contribution in [2.75, 3.05) is 19.1 Å². The quantitative estimate of drug-likeness (QED) is 0.271. The van der Waals surface area contributed by atoms with Gasteiger partial charge in [-0.25, -0.2) is 14.5 Å². The number of hydrogen-bond donors (Lipinski definition) is 0. The number of hydrogen-bond acceptors (Lipinski definition) is 9. The summed E-state index contributed by atoms with van der Waals surface area (Å²) in [6.07, 6.45) is -1.10. The first kappa shape index (κ1) is 26.3. The molecule has 0 saturated carbocycles. The number of benzene rings is 3. The van der Waals surface area contributed by atoms with Crippen LogP contribution in [0.4, 0.5) is 5.69 Å². The van der Waals surface area contributed by atoms with E-state index in [0.717, 1.165) is 24.7 Å². The van der Waals surface area contributed by atoms with Crippen LogP contribution in [0, 0.1) is 18.8 Å². The molecule has 206 valence electrons. The third-order valence-electron chi connectivity index (χ3n) is 7.94. The van der Waals surface area contributed by atoms with Crippen LogP contribution in [0.15, 0.2) is 66.7 Å². The first-order chi connectivity index (χ1) is 19.6. The molecular weight excluding hydrogens is 530 g/mol. The normalized spacial score (nSPS) is 22.2. The highest BCUT2D eigenvalue weighted by atomic mass is 16.5. The molecule has 3 atom stereocenters. The van der Waals surface area contributed by atoms with Crippen molar-refractivity contribution in [1.82, 2.24) is 0 Å². The Hall–Kier alpha value is -4.96. The number of nitrogens with zero attached hydrogens (tertiary/aromatic N) is 1. The van der Waals surface area contributed by atoms with Crippen LogP contribution in [0.1, 0.15) is 58.7 Å². The van der Waals surface area contributed by atoms with Crippen LogP contribution >= 0.6 is 0 Å². The molecule has 2 heterocycles. The number of carbonyl (C=O) groups excluding carboxylic acids is 6. The standard InChI is InChI=1S/C31H23NO9/c1-15-8-10-16(11-9-15)24-22-23(31(41-24)25(33)20-6-4-5-7-21(20)26(31)34)28(36)32(27(22)35)19-13-17(29(37)39-2)12-18(14-19)30(38)40-3/h4-14,22-24H,1-3H3/t22-,23+,24+/m0/s1. The number of aryl methyl sites for hydroxylation is 1. The maximum absolute atomic E-state index is 14.2. The molecule has 3 aliphatic rings. The largest absolute Gasteiger partial charge is 0.465 e. The number of fused-ring (bicyclic) bond motifs is 3. The molecule has 0 bridgehead atoms. The molecule has 3 aromatic carbocycles. The van der Waals surface area contributed by atoms with Crippen molar-refractivity contribution in [3.8, 4) is 0 Å². The van der Waals surface area contributed by atoms with Crippen molar-refractivity contribution in [2.45, 2.75) is 18.6 Å². The molecule has 3 aromatic rings. The summed E-state index contributed by atoms with van der Waals surface area (Å²) in [7, 11) is 2.29. The Morgan fingerprint density at radius 3 is 1.83 bits per heavy atom. The number of Topliss-reactive ketones (excluding diaryl/α,β-unsaturated/α-hetero) is 2. The Morgan fingerprint density at radius 1 is 0.780 bits per heavy atom. The van der Waals surface area contributed by atoms with Crippen LogP contribution < -0.4 is 4.90 Å². The Balaban J connectivity index is 1.54. The number of imide groups is 1. The summed E-state index contributed by atoms with van der Waals surface area (Å²) < 4.78 is 15.9. The van der Waals surface area contributed by atoms with E-state index < -0.39 is 58.9 Å². The third-order valence-corrected chi connectivity index (χ3v) is 7.94. The number of rotatable bonds is 4. The van der Waals surface area contributed by atoms with Gasteiger partial charge in [0.15, 0.2) is 0 Å². The Kier molecular flexibility index (Phi) is 5.97. The van der Waals surface area contributed by atoms with Gasteiger partial charge in [-0.1, -0.05) is 54.1 Å². The van der Waals surface area contributed by atoms with Crippen molar-refractivity contribution in [3.05, 3.63) is 100 Å². The van der Waals surface area contributed by atoms with E-state index in [1.807, 2.05) is 6.92 Å². The zero-order valence-corrected chi connectivity index (χ0v) is 22.2. The second kappa shape index (κ2) is 9.31. The molecule has 1 spiro atoms. The van der Waals surface area contributed by atoms with E-state index in [4.69, 9.17) is 14.2 Å². The second-order valence-corrected chi connectivity index (χ2v) is 10.2. The van der Waals surface area contributed by atoms with E-state index in [1.54, 1.807) is 36.4 Å². The molecule has 10 heteroatoms. The molecule has 0 aromatic heterocycles. The molecule has 2 fully saturated rings. The number of ketones is 2. The van der Waals surface area contributed by atoms with Gasteiger partial charge in [0, 0.05) is 11.1 Å². The fourth-order valence-corrected chi connectivity index (χ4v) is 6.04. The van der Waals surface area contributed by atoms with E-state index >= 15 is 0 Å². The average Bonchev–Trinajstić information content (AvgIpc) is 3.56. The van der Waals surface area contributed by atoms with Gasteiger partial charge in [-0.3, -0.25) is 19.2 Å². The maximum Gasteiger partial charge on any atom is 0.337 e. The van der Waals surface area contributed by atoms with Crippen molar-refractivity contribution in [2.24, 2.45) is 11.8 Å². The van der Waals surface area contributed by atoms with Crippen LogP contribution in [0.5, 0.6) is 0 Å². The predicted octanol–water partition coefficient (Wildman–Crippen LogP) is 3.26. The zero-order valence-electron chi connectivity index (χ0n) is 22.2. The zero-order chi connectivity index (χ0) is 29.2. The minimum absolute atomic E-state index is 0.106. The highest BCUT2D eigenvalue weighted by molar-refractivity contribution is 6.37. The number of anilines is 1. The number of amides is 2. The molecule has 2 amide bonds. The summed E-state index contributed by atoms with van der Waals surface area (Å²) in [5.41, 5.74) is -0.902. The summed E-state index contributed by atoms with van der Waals surface area (Å²) in [5, 5.41) is 0. The molecule has 0 radical (unpaired) electrons. The SMILES string of the molecule is COC(=O)c1cc(C(=O)OC)cc(N2C(=O)[C@@H]3[C@@H](c4ccc(C)cc4)OC4(C(=O)c5ccccc5C4=O)[C@H]3C2=O)c1. The lowest BCUT2D eigenvalue weighted by Crippen LogP contribution is -2.51. The van der Waals surface area contributed by atoms with E-state index in [9.17, 15) is 28.8 Å². The number of carbonyl (C=O) groups is 6. The number of esters is 2. The van der Waals surface area contributed by atoms with Crippen LogP contribution in [0.25, 0.3) is 0 Å². The summed E-state index contributed by atoms with van der Waals surface area (Å²) in [6.45, 7) is 1.88. The van der Waals surface area contributed by atoms with Gasteiger partial charge in [0.2, 0.25) is 29.0 Å². The maximum atomic E-state index is 14.2. The van der Waals surface area contributed by atoms with Crippen molar-refractivity contribution >= 4 is 41.0 Å². The molecular formula is C31H23NO9. The molecule has 1 aliphatic carbocycles. The molecule has 2 aliphatic heterocycles. The highest BCUT2D eigenvalue weighted by Gasteiger charge is 2.74. The lowest BCUT2D eigenvalue weighted by atomic mass is 9.77. The van der Waals surface area contributed by atoms with Crippen molar-refractivity contribution < 1.29 is 43.0 Å². The first-order valence-electron chi connectivity index (χ1n) is 12.8.